The van der Waals surface area contributed by atoms with Gasteiger partial charge in [-0.05, 0) is 36.2 Å². The van der Waals surface area contributed by atoms with E-state index in [1.807, 2.05) is 6.07 Å². The summed E-state index contributed by atoms with van der Waals surface area (Å²) in [6.07, 6.45) is 0.365. The predicted molar refractivity (Wildman–Crippen MR) is 106 cm³/mol. The molecule has 1 unspecified atom stereocenters. The first-order valence-corrected chi connectivity index (χ1v) is 11.0. The largest absolute Gasteiger partial charge is 0.426 e. The van der Waals surface area contributed by atoms with Gasteiger partial charge in [0, 0.05) is 24.5 Å². The monoisotopic (exact) mass is 421 g/mol. The highest BCUT2D eigenvalue weighted by Gasteiger charge is 2.35. The minimum absolute atomic E-state index is 0.0442. The number of carbonyl (C=O) groups is 2. The van der Waals surface area contributed by atoms with Crippen molar-refractivity contribution in [3.05, 3.63) is 64.7 Å². The molecule has 0 spiro atoms. The Labute approximate surface area is 169 Å². The average molecular weight is 422 g/mol. The molecule has 8 heteroatoms. The molecule has 2 aromatic carbocycles. The Bertz CT molecular complexity index is 1010. The molecule has 1 atom stereocenters. The third kappa shape index (κ3) is 4.91. The Morgan fingerprint density at radius 3 is 2.57 bits per heavy atom. The van der Waals surface area contributed by atoms with E-state index in [2.05, 4.69) is 0 Å². The first kappa shape index (κ1) is 20.4. The van der Waals surface area contributed by atoms with Crippen molar-refractivity contribution >= 4 is 33.3 Å². The Morgan fingerprint density at radius 2 is 1.93 bits per heavy atom. The summed E-state index contributed by atoms with van der Waals surface area (Å²) in [5.41, 5.74) is 0.999. The predicted octanol–water partition coefficient (Wildman–Crippen LogP) is 3.09. The molecular weight excluding hydrogens is 402 g/mol. The second-order valence-corrected chi connectivity index (χ2v) is 9.37. The number of rotatable bonds is 5. The molecule has 0 N–H and O–H groups in total. The molecule has 2 aromatic rings. The van der Waals surface area contributed by atoms with Gasteiger partial charge in [0.2, 0.25) is 0 Å². The van der Waals surface area contributed by atoms with Gasteiger partial charge >= 0.3 is 5.97 Å². The number of esters is 1. The Kier molecular flexibility index (Phi) is 6.05. The summed E-state index contributed by atoms with van der Waals surface area (Å²) < 4.78 is 29.2. The summed E-state index contributed by atoms with van der Waals surface area (Å²) >= 11 is 6.06. The number of hydrogen-bond acceptors (Lipinski definition) is 5. The van der Waals surface area contributed by atoms with Gasteiger partial charge < -0.3 is 9.64 Å². The van der Waals surface area contributed by atoms with Gasteiger partial charge in [-0.1, -0.05) is 35.9 Å². The smallest absolute Gasteiger partial charge is 0.308 e. The maximum atomic E-state index is 13.3. The zero-order valence-corrected chi connectivity index (χ0v) is 16.9. The van der Waals surface area contributed by atoms with Gasteiger partial charge in [0.05, 0.1) is 17.1 Å². The van der Waals surface area contributed by atoms with Crippen molar-refractivity contribution in [2.45, 2.75) is 25.9 Å². The van der Waals surface area contributed by atoms with Crippen LogP contribution in [0.2, 0.25) is 5.02 Å². The molecule has 0 radical (unpaired) electrons. The third-order valence-corrected chi connectivity index (χ3v) is 6.51. The Morgan fingerprint density at radius 1 is 1.18 bits per heavy atom. The highest BCUT2D eigenvalue weighted by molar-refractivity contribution is 7.91. The van der Waals surface area contributed by atoms with Crippen LogP contribution >= 0.6 is 11.6 Å². The highest BCUT2D eigenvalue weighted by atomic mass is 35.5. The van der Waals surface area contributed by atoms with E-state index in [1.54, 1.807) is 36.4 Å². The maximum Gasteiger partial charge on any atom is 0.308 e. The quantitative estimate of drug-likeness (QED) is 0.547. The molecule has 6 nitrogen and oxygen atoms in total. The fraction of sp³-hybridized carbons (Fsp3) is 0.300. The van der Waals surface area contributed by atoms with Gasteiger partial charge in [-0.2, -0.15) is 0 Å². The van der Waals surface area contributed by atoms with E-state index in [1.165, 1.54) is 17.9 Å². The van der Waals surface area contributed by atoms with Gasteiger partial charge in [0.25, 0.3) is 5.91 Å². The lowest BCUT2D eigenvalue weighted by atomic mass is 10.1. The standard InChI is InChI=1S/C20H20ClNO5S/c1-14(23)27-19-8-3-2-7-18(19)20(24)22(17-9-10-28(25,26)13-17)12-15-5-4-6-16(21)11-15/h2-8,11,17H,9-10,12-13H2,1H3. The van der Waals surface area contributed by atoms with Crippen molar-refractivity contribution < 1.29 is 22.7 Å². The number of ether oxygens (including phenoxy) is 1. The van der Waals surface area contributed by atoms with Crippen molar-refractivity contribution in [1.82, 2.24) is 4.90 Å². The minimum Gasteiger partial charge on any atom is -0.426 e. The molecule has 148 valence electrons. The van der Waals surface area contributed by atoms with Crippen LogP contribution in [0, 0.1) is 0 Å². The summed E-state index contributed by atoms with van der Waals surface area (Å²) in [4.78, 5) is 26.3. The van der Waals surface area contributed by atoms with E-state index in [0.29, 0.717) is 11.4 Å². The van der Waals surface area contributed by atoms with Crippen LogP contribution < -0.4 is 4.74 Å². The fourth-order valence-electron chi connectivity index (χ4n) is 3.26. The third-order valence-electron chi connectivity index (χ3n) is 4.52. The molecule has 1 aliphatic heterocycles. The van der Waals surface area contributed by atoms with Crippen LogP contribution in [0.5, 0.6) is 5.75 Å². The topological polar surface area (TPSA) is 80.8 Å². The van der Waals surface area contributed by atoms with Gasteiger partial charge in [0.1, 0.15) is 5.75 Å². The lowest BCUT2D eigenvalue weighted by Gasteiger charge is -2.29. The summed E-state index contributed by atoms with van der Waals surface area (Å²) in [7, 11) is -3.19. The second-order valence-electron chi connectivity index (χ2n) is 6.71. The van der Waals surface area contributed by atoms with Crippen LogP contribution in [0.25, 0.3) is 0 Å². The molecule has 1 fully saturated rings. The summed E-state index contributed by atoms with van der Waals surface area (Å²) in [6.45, 7) is 1.46. The molecule has 1 aliphatic rings. The highest BCUT2D eigenvalue weighted by Crippen LogP contribution is 2.27. The summed E-state index contributed by atoms with van der Waals surface area (Å²) in [6, 6.07) is 13.1. The van der Waals surface area contributed by atoms with Crippen LogP contribution in [0.4, 0.5) is 0 Å². The SMILES string of the molecule is CC(=O)Oc1ccccc1C(=O)N(Cc1cccc(Cl)c1)C1CCS(=O)(=O)C1. The van der Waals surface area contributed by atoms with Crippen LogP contribution in [-0.4, -0.2) is 42.7 Å². The van der Waals surface area contributed by atoms with E-state index in [4.69, 9.17) is 16.3 Å². The second kappa shape index (κ2) is 8.32. The van der Waals surface area contributed by atoms with Crippen LogP contribution in [-0.2, 0) is 21.2 Å². The zero-order valence-electron chi connectivity index (χ0n) is 15.3. The lowest BCUT2D eigenvalue weighted by molar-refractivity contribution is -0.131. The van der Waals surface area contributed by atoms with Crippen LogP contribution in [0.15, 0.2) is 48.5 Å². The van der Waals surface area contributed by atoms with E-state index >= 15 is 0 Å². The summed E-state index contributed by atoms with van der Waals surface area (Å²) in [5.74, 6) is -0.821. The number of nitrogens with zero attached hydrogens (tertiary/aromatic N) is 1. The summed E-state index contributed by atoms with van der Waals surface area (Å²) in [5, 5.41) is 0.532. The molecule has 28 heavy (non-hydrogen) atoms. The van der Waals surface area contributed by atoms with Crippen molar-refractivity contribution in [3.8, 4) is 5.75 Å². The van der Waals surface area contributed by atoms with Crippen LogP contribution in [0.3, 0.4) is 0 Å². The van der Waals surface area contributed by atoms with Gasteiger partial charge in [-0.25, -0.2) is 8.42 Å². The maximum absolute atomic E-state index is 13.3. The molecule has 1 saturated heterocycles. The first-order chi connectivity index (χ1) is 13.2. The van der Waals surface area contributed by atoms with Crippen LogP contribution in [0.1, 0.15) is 29.3 Å². The zero-order chi connectivity index (χ0) is 20.3. The number of amides is 1. The van der Waals surface area contributed by atoms with E-state index in [9.17, 15) is 18.0 Å². The minimum atomic E-state index is -3.19. The Hall–Kier alpha value is -2.38. The van der Waals surface area contributed by atoms with Gasteiger partial charge in [-0.15, -0.1) is 0 Å². The first-order valence-electron chi connectivity index (χ1n) is 8.78. The molecule has 1 amide bonds. The molecule has 0 aromatic heterocycles. The van der Waals surface area contributed by atoms with Gasteiger partial charge in [0.15, 0.2) is 9.84 Å². The molecule has 1 heterocycles. The molecular formula is C20H20ClNO5S. The molecule has 0 saturated carbocycles. The molecule has 0 bridgehead atoms. The van der Waals surface area contributed by atoms with E-state index in [-0.39, 0.29) is 35.3 Å². The molecule has 3 rings (SSSR count). The average Bonchev–Trinajstić information content (AvgIpc) is 2.99. The van der Waals surface area contributed by atoms with Crippen molar-refractivity contribution in [3.63, 3.8) is 0 Å². The number of carbonyl (C=O) groups excluding carboxylic acids is 2. The normalized spacial score (nSPS) is 17.9. The Balaban J connectivity index is 1.97. The number of hydrogen-bond donors (Lipinski definition) is 0. The lowest BCUT2D eigenvalue weighted by Crippen LogP contribution is -2.40. The number of sulfone groups is 1. The van der Waals surface area contributed by atoms with Gasteiger partial charge in [-0.3, -0.25) is 9.59 Å². The molecule has 0 aliphatic carbocycles. The van der Waals surface area contributed by atoms with Crippen molar-refractivity contribution in [1.29, 1.82) is 0 Å². The van der Waals surface area contributed by atoms with E-state index in [0.717, 1.165) is 5.56 Å². The number of para-hydroxylation sites is 1. The van der Waals surface area contributed by atoms with Crippen molar-refractivity contribution in [2.75, 3.05) is 11.5 Å². The van der Waals surface area contributed by atoms with E-state index < -0.39 is 21.8 Å². The number of halogens is 1. The number of benzene rings is 2. The van der Waals surface area contributed by atoms with Crippen molar-refractivity contribution in [2.24, 2.45) is 0 Å². The fourth-order valence-corrected chi connectivity index (χ4v) is 5.21.